The van der Waals surface area contributed by atoms with Gasteiger partial charge < -0.3 is 4.90 Å². The number of hydrogen-bond acceptors (Lipinski definition) is 3. The monoisotopic (exact) mass is 295 g/mol. The average molecular weight is 296 g/mol. The third-order valence-corrected chi connectivity index (χ3v) is 4.05. The molecule has 1 aromatic rings. The van der Waals surface area contributed by atoms with Crippen molar-refractivity contribution in [3.05, 3.63) is 28.5 Å². The summed E-state index contributed by atoms with van der Waals surface area (Å²) in [6.45, 7) is 11.7. The molecule has 1 amide bonds. The Kier molecular flexibility index (Phi) is 4.35. The third-order valence-electron chi connectivity index (χ3n) is 3.74. The van der Waals surface area contributed by atoms with Gasteiger partial charge in [0.2, 0.25) is 0 Å². The Bertz CT molecular complexity index is 502. The van der Waals surface area contributed by atoms with E-state index < -0.39 is 0 Å². The van der Waals surface area contributed by atoms with Crippen LogP contribution in [-0.4, -0.2) is 52.4 Å². The van der Waals surface area contributed by atoms with Crippen LogP contribution in [0.4, 0.5) is 0 Å². The molecule has 0 aliphatic carbocycles. The van der Waals surface area contributed by atoms with Gasteiger partial charge in [0.05, 0.1) is 10.6 Å². The summed E-state index contributed by atoms with van der Waals surface area (Å²) in [5.41, 5.74) is 1.48. The van der Waals surface area contributed by atoms with Gasteiger partial charge in [-0.1, -0.05) is 11.6 Å². The summed E-state index contributed by atoms with van der Waals surface area (Å²) in [5.74, 6) is -0.0175. The summed E-state index contributed by atoms with van der Waals surface area (Å²) in [4.78, 5) is 20.9. The van der Waals surface area contributed by atoms with Gasteiger partial charge in [-0.3, -0.25) is 14.7 Å². The number of pyridine rings is 1. The second-order valence-corrected chi connectivity index (χ2v) is 6.66. The molecule has 0 saturated carbocycles. The predicted molar refractivity (Wildman–Crippen MR) is 81.2 cm³/mol. The molecule has 0 bridgehead atoms. The van der Waals surface area contributed by atoms with E-state index in [4.69, 9.17) is 11.6 Å². The van der Waals surface area contributed by atoms with E-state index >= 15 is 0 Å². The number of aryl methyl sites for hydroxylation is 1. The van der Waals surface area contributed by atoms with Gasteiger partial charge in [0.25, 0.3) is 5.91 Å². The van der Waals surface area contributed by atoms with Crippen molar-refractivity contribution in [2.45, 2.75) is 33.2 Å². The van der Waals surface area contributed by atoms with Crippen LogP contribution in [0.2, 0.25) is 5.02 Å². The van der Waals surface area contributed by atoms with Gasteiger partial charge >= 0.3 is 0 Å². The number of rotatable bonds is 1. The Hall–Kier alpha value is -1.13. The van der Waals surface area contributed by atoms with Crippen molar-refractivity contribution in [1.29, 1.82) is 0 Å². The summed E-state index contributed by atoms with van der Waals surface area (Å²) in [6, 6.07) is 1.74. The second-order valence-electron chi connectivity index (χ2n) is 6.26. The standard InChI is InChI=1S/C15H22ClN3O/c1-11-9-13(16)12(10-17-11)14(20)18-5-7-19(8-6-18)15(2,3)4/h9-10H,5-8H2,1-4H3. The molecule has 2 rings (SSSR count). The summed E-state index contributed by atoms with van der Waals surface area (Å²) >= 11 is 6.15. The molecule has 1 fully saturated rings. The minimum atomic E-state index is -0.0175. The highest BCUT2D eigenvalue weighted by atomic mass is 35.5. The summed E-state index contributed by atoms with van der Waals surface area (Å²) in [7, 11) is 0. The lowest BCUT2D eigenvalue weighted by molar-refractivity contribution is 0.0451. The number of carbonyl (C=O) groups excluding carboxylic acids is 1. The number of hydrogen-bond donors (Lipinski definition) is 0. The highest BCUT2D eigenvalue weighted by Gasteiger charge is 2.28. The molecule has 0 radical (unpaired) electrons. The van der Waals surface area contributed by atoms with Gasteiger partial charge in [0.1, 0.15) is 0 Å². The molecule has 0 spiro atoms. The molecule has 0 N–H and O–H groups in total. The largest absolute Gasteiger partial charge is 0.336 e. The lowest BCUT2D eigenvalue weighted by Gasteiger charge is -2.42. The molecule has 1 aliphatic heterocycles. The van der Waals surface area contributed by atoms with Crippen molar-refractivity contribution in [2.75, 3.05) is 26.2 Å². The van der Waals surface area contributed by atoms with Crippen LogP contribution in [0, 0.1) is 6.92 Å². The Labute approximate surface area is 125 Å². The van der Waals surface area contributed by atoms with Crippen molar-refractivity contribution in [3.63, 3.8) is 0 Å². The minimum Gasteiger partial charge on any atom is -0.336 e. The van der Waals surface area contributed by atoms with Crippen LogP contribution in [-0.2, 0) is 0 Å². The zero-order chi connectivity index (χ0) is 14.9. The Morgan fingerprint density at radius 3 is 2.35 bits per heavy atom. The molecule has 0 aromatic carbocycles. The molecule has 1 aliphatic rings. The molecule has 20 heavy (non-hydrogen) atoms. The van der Waals surface area contributed by atoms with E-state index in [-0.39, 0.29) is 11.4 Å². The van der Waals surface area contributed by atoms with Gasteiger partial charge in [-0.2, -0.15) is 0 Å². The lowest BCUT2D eigenvalue weighted by atomic mass is 10.0. The maximum absolute atomic E-state index is 12.5. The van der Waals surface area contributed by atoms with Crippen LogP contribution in [0.25, 0.3) is 0 Å². The minimum absolute atomic E-state index is 0.0175. The van der Waals surface area contributed by atoms with Crippen LogP contribution >= 0.6 is 11.6 Å². The van der Waals surface area contributed by atoms with Crippen LogP contribution in [0.3, 0.4) is 0 Å². The molecule has 2 heterocycles. The predicted octanol–water partition coefficient (Wildman–Crippen LogP) is 2.60. The van der Waals surface area contributed by atoms with Gasteiger partial charge in [-0.25, -0.2) is 0 Å². The highest BCUT2D eigenvalue weighted by molar-refractivity contribution is 6.33. The third kappa shape index (κ3) is 3.30. The number of carbonyl (C=O) groups is 1. The summed E-state index contributed by atoms with van der Waals surface area (Å²) < 4.78 is 0. The first-order valence-electron chi connectivity index (χ1n) is 6.95. The van der Waals surface area contributed by atoms with E-state index in [1.807, 2.05) is 11.8 Å². The molecular formula is C15H22ClN3O. The Morgan fingerprint density at radius 1 is 1.25 bits per heavy atom. The fourth-order valence-corrected chi connectivity index (χ4v) is 2.72. The van der Waals surface area contributed by atoms with Gasteiger partial charge in [-0.05, 0) is 33.8 Å². The van der Waals surface area contributed by atoms with Crippen LogP contribution in [0.1, 0.15) is 36.8 Å². The Balaban J connectivity index is 2.05. The zero-order valence-corrected chi connectivity index (χ0v) is 13.4. The number of halogens is 1. The van der Waals surface area contributed by atoms with Crippen LogP contribution < -0.4 is 0 Å². The van der Waals surface area contributed by atoms with Crippen molar-refractivity contribution in [2.24, 2.45) is 0 Å². The highest BCUT2D eigenvalue weighted by Crippen LogP contribution is 2.20. The first-order valence-corrected chi connectivity index (χ1v) is 7.33. The van der Waals surface area contributed by atoms with E-state index in [9.17, 15) is 4.79 Å². The first kappa shape index (κ1) is 15.3. The molecule has 4 nitrogen and oxygen atoms in total. The van der Waals surface area contributed by atoms with Gasteiger partial charge in [0.15, 0.2) is 0 Å². The summed E-state index contributed by atoms with van der Waals surface area (Å²) in [5, 5.41) is 0.487. The number of amides is 1. The summed E-state index contributed by atoms with van der Waals surface area (Å²) in [6.07, 6.45) is 1.58. The molecule has 110 valence electrons. The Morgan fingerprint density at radius 2 is 1.85 bits per heavy atom. The normalized spacial score (nSPS) is 17.4. The molecule has 1 saturated heterocycles. The quantitative estimate of drug-likeness (QED) is 0.799. The van der Waals surface area contributed by atoms with Crippen molar-refractivity contribution in [3.8, 4) is 0 Å². The van der Waals surface area contributed by atoms with Crippen LogP contribution in [0.15, 0.2) is 12.3 Å². The van der Waals surface area contributed by atoms with Crippen molar-refractivity contribution >= 4 is 17.5 Å². The lowest BCUT2D eigenvalue weighted by Crippen LogP contribution is -2.54. The van der Waals surface area contributed by atoms with Crippen molar-refractivity contribution in [1.82, 2.24) is 14.8 Å². The van der Waals surface area contributed by atoms with E-state index in [0.29, 0.717) is 10.6 Å². The maximum atomic E-state index is 12.5. The van der Waals surface area contributed by atoms with E-state index in [1.54, 1.807) is 12.3 Å². The van der Waals surface area contributed by atoms with Crippen LogP contribution in [0.5, 0.6) is 0 Å². The van der Waals surface area contributed by atoms with E-state index in [1.165, 1.54) is 0 Å². The topological polar surface area (TPSA) is 36.4 Å². The zero-order valence-electron chi connectivity index (χ0n) is 12.6. The number of nitrogens with zero attached hydrogens (tertiary/aromatic N) is 3. The molecule has 1 aromatic heterocycles. The molecule has 5 heteroatoms. The molecular weight excluding hydrogens is 274 g/mol. The fourth-order valence-electron chi connectivity index (χ4n) is 2.43. The molecule has 0 unspecified atom stereocenters. The number of piperazine rings is 1. The van der Waals surface area contributed by atoms with E-state index in [2.05, 4.69) is 30.7 Å². The van der Waals surface area contributed by atoms with Gasteiger partial charge in [0, 0.05) is 43.6 Å². The average Bonchev–Trinajstić information content (AvgIpc) is 2.37. The van der Waals surface area contributed by atoms with E-state index in [0.717, 1.165) is 31.9 Å². The number of aromatic nitrogens is 1. The molecule has 0 atom stereocenters. The fraction of sp³-hybridized carbons (Fsp3) is 0.600. The maximum Gasteiger partial charge on any atom is 0.257 e. The van der Waals surface area contributed by atoms with Crippen molar-refractivity contribution < 1.29 is 4.79 Å². The smallest absolute Gasteiger partial charge is 0.257 e. The SMILES string of the molecule is Cc1cc(Cl)c(C(=O)N2CCN(C(C)(C)C)CC2)cn1. The van der Waals surface area contributed by atoms with Gasteiger partial charge in [-0.15, -0.1) is 0 Å². The first-order chi connectivity index (χ1) is 9.29. The second kappa shape index (κ2) is 5.70.